The summed E-state index contributed by atoms with van der Waals surface area (Å²) in [5.74, 6) is 0. The Labute approximate surface area is 118 Å². The van der Waals surface area contributed by atoms with Crippen LogP contribution in [0.25, 0.3) is 0 Å². The minimum Gasteiger partial charge on any atom is -0.390 e. The summed E-state index contributed by atoms with van der Waals surface area (Å²) in [6, 6.07) is 4.64. The molecule has 0 unspecified atom stereocenters. The van der Waals surface area contributed by atoms with E-state index in [2.05, 4.69) is 9.71 Å². The zero-order valence-electron chi connectivity index (χ0n) is 11.2. The lowest BCUT2D eigenvalue weighted by atomic mass is 10.4. The van der Waals surface area contributed by atoms with Crippen LogP contribution in [-0.2, 0) is 23.2 Å². The van der Waals surface area contributed by atoms with Gasteiger partial charge in [0.25, 0.3) is 10.0 Å². The predicted octanol–water partition coefficient (Wildman–Crippen LogP) is 1.59. The van der Waals surface area contributed by atoms with Gasteiger partial charge in [-0.1, -0.05) is 6.92 Å². The van der Waals surface area contributed by atoms with Crippen LogP contribution in [0.3, 0.4) is 0 Å². The van der Waals surface area contributed by atoms with Gasteiger partial charge in [0.1, 0.15) is 4.90 Å². The van der Waals surface area contributed by atoms with Crippen LogP contribution in [0.4, 0.5) is 5.69 Å². The Morgan fingerprint density at radius 2 is 2.05 bits per heavy atom. The van der Waals surface area contributed by atoms with Gasteiger partial charge in [-0.05, 0) is 24.6 Å². The normalized spacial score (nSPS) is 11.5. The summed E-state index contributed by atoms with van der Waals surface area (Å²) in [5, 5.41) is 9.27. The van der Waals surface area contributed by atoms with Crippen LogP contribution in [0, 0.1) is 0 Å². The lowest BCUT2D eigenvalue weighted by molar-refractivity contribution is 0.270. The van der Waals surface area contributed by atoms with E-state index >= 15 is 0 Å². The summed E-state index contributed by atoms with van der Waals surface area (Å²) in [4.78, 5) is 3.98. The van der Waals surface area contributed by atoms with Gasteiger partial charge in [-0.15, -0.1) is 0 Å². The number of nitrogens with zero attached hydrogens (tertiary/aromatic N) is 2. The first-order chi connectivity index (χ1) is 9.56. The van der Waals surface area contributed by atoms with Crippen molar-refractivity contribution in [1.82, 2.24) is 9.55 Å². The molecule has 108 valence electrons. The van der Waals surface area contributed by atoms with Crippen molar-refractivity contribution in [2.24, 2.45) is 0 Å². The number of aryl methyl sites for hydroxylation is 1. The third-order valence-corrected chi connectivity index (χ3v) is 4.18. The SMILES string of the molecule is CCCn1cc(S(=O)(=O)Nc2ccncc2)cc1CO. The molecular weight excluding hydrogens is 278 g/mol. The van der Waals surface area contributed by atoms with E-state index in [4.69, 9.17) is 0 Å². The summed E-state index contributed by atoms with van der Waals surface area (Å²) in [6.07, 6.45) is 5.43. The standard InChI is InChI=1S/C13H17N3O3S/c1-2-7-16-9-13(8-12(16)10-17)20(18,19)15-11-3-5-14-6-4-11/h3-6,8-9,17H,2,7,10H2,1H3,(H,14,15). The highest BCUT2D eigenvalue weighted by molar-refractivity contribution is 7.92. The number of nitrogens with one attached hydrogen (secondary N) is 1. The van der Waals surface area contributed by atoms with Gasteiger partial charge in [0.05, 0.1) is 12.3 Å². The number of hydrogen-bond acceptors (Lipinski definition) is 4. The molecule has 2 rings (SSSR count). The minimum atomic E-state index is -3.65. The molecule has 2 N–H and O–H groups in total. The Morgan fingerprint density at radius 3 is 2.65 bits per heavy atom. The Hall–Kier alpha value is -1.86. The molecule has 0 spiro atoms. The van der Waals surface area contributed by atoms with Crippen molar-refractivity contribution in [2.45, 2.75) is 31.4 Å². The van der Waals surface area contributed by atoms with E-state index in [0.717, 1.165) is 6.42 Å². The summed E-state index contributed by atoms with van der Waals surface area (Å²) >= 11 is 0. The second kappa shape index (κ2) is 6.06. The number of sulfonamides is 1. The fourth-order valence-electron chi connectivity index (χ4n) is 1.89. The highest BCUT2D eigenvalue weighted by Gasteiger charge is 2.18. The molecule has 0 fully saturated rings. The smallest absolute Gasteiger partial charge is 0.263 e. The second-order valence-electron chi connectivity index (χ2n) is 4.36. The Kier molecular flexibility index (Phi) is 4.41. The Bertz CT molecular complexity index is 665. The van der Waals surface area contributed by atoms with Crippen LogP contribution in [0.15, 0.2) is 41.7 Å². The van der Waals surface area contributed by atoms with Gasteiger partial charge in [-0.2, -0.15) is 0 Å². The van der Waals surface area contributed by atoms with Gasteiger partial charge in [0.2, 0.25) is 0 Å². The van der Waals surface area contributed by atoms with Crippen molar-refractivity contribution in [3.8, 4) is 0 Å². The van der Waals surface area contributed by atoms with Crippen LogP contribution in [0.5, 0.6) is 0 Å². The average molecular weight is 295 g/mol. The lowest BCUT2D eigenvalue weighted by Gasteiger charge is -2.05. The quantitative estimate of drug-likeness (QED) is 0.847. The fraction of sp³-hybridized carbons (Fsp3) is 0.308. The van der Waals surface area contributed by atoms with E-state index in [1.165, 1.54) is 18.5 Å². The number of rotatable bonds is 6. The maximum atomic E-state index is 12.3. The molecule has 0 saturated heterocycles. The Morgan fingerprint density at radius 1 is 1.35 bits per heavy atom. The van der Waals surface area contributed by atoms with Crippen molar-refractivity contribution in [1.29, 1.82) is 0 Å². The van der Waals surface area contributed by atoms with Crippen LogP contribution in [0.2, 0.25) is 0 Å². The summed E-state index contributed by atoms with van der Waals surface area (Å²) in [6.45, 7) is 2.47. The van der Waals surface area contributed by atoms with E-state index in [9.17, 15) is 13.5 Å². The van der Waals surface area contributed by atoms with E-state index in [0.29, 0.717) is 17.9 Å². The monoisotopic (exact) mass is 295 g/mol. The van der Waals surface area contributed by atoms with Crippen LogP contribution < -0.4 is 4.72 Å². The van der Waals surface area contributed by atoms with E-state index in [1.807, 2.05) is 6.92 Å². The van der Waals surface area contributed by atoms with E-state index < -0.39 is 10.0 Å². The highest BCUT2D eigenvalue weighted by atomic mass is 32.2. The molecule has 0 amide bonds. The first-order valence-corrected chi connectivity index (χ1v) is 7.78. The summed E-state index contributed by atoms with van der Waals surface area (Å²) in [7, 11) is -3.65. The van der Waals surface area contributed by atoms with Crippen molar-refractivity contribution in [3.05, 3.63) is 42.5 Å². The second-order valence-corrected chi connectivity index (χ2v) is 6.04. The fourth-order valence-corrected chi connectivity index (χ4v) is 3.01. The first-order valence-electron chi connectivity index (χ1n) is 6.29. The zero-order chi connectivity index (χ0) is 14.6. The number of hydrogen-bond donors (Lipinski definition) is 2. The molecule has 0 aromatic carbocycles. The lowest BCUT2D eigenvalue weighted by Crippen LogP contribution is -2.12. The first kappa shape index (κ1) is 14.5. The molecule has 0 bridgehead atoms. The number of aromatic nitrogens is 2. The van der Waals surface area contributed by atoms with Crippen LogP contribution in [-0.4, -0.2) is 23.1 Å². The molecule has 0 aliphatic carbocycles. The van der Waals surface area contributed by atoms with Gasteiger partial charge in [0, 0.05) is 30.8 Å². The summed E-state index contributed by atoms with van der Waals surface area (Å²) < 4.78 is 28.8. The van der Waals surface area contributed by atoms with E-state index in [1.54, 1.807) is 22.9 Å². The van der Waals surface area contributed by atoms with Crippen molar-refractivity contribution in [3.63, 3.8) is 0 Å². The zero-order valence-corrected chi connectivity index (χ0v) is 12.0. The van der Waals surface area contributed by atoms with Gasteiger partial charge < -0.3 is 9.67 Å². The average Bonchev–Trinajstić information content (AvgIpc) is 2.84. The molecule has 2 aromatic heterocycles. The maximum absolute atomic E-state index is 12.3. The molecule has 0 aliphatic rings. The van der Waals surface area contributed by atoms with Crippen molar-refractivity contribution in [2.75, 3.05) is 4.72 Å². The maximum Gasteiger partial charge on any atom is 0.263 e. The van der Waals surface area contributed by atoms with Gasteiger partial charge in [0.15, 0.2) is 0 Å². The number of aliphatic hydroxyl groups excluding tert-OH is 1. The molecule has 20 heavy (non-hydrogen) atoms. The third kappa shape index (κ3) is 3.17. The molecule has 0 aliphatic heterocycles. The molecule has 0 atom stereocenters. The molecular formula is C13H17N3O3S. The predicted molar refractivity (Wildman–Crippen MR) is 75.7 cm³/mol. The van der Waals surface area contributed by atoms with Gasteiger partial charge in [-0.25, -0.2) is 8.42 Å². The number of anilines is 1. The Balaban J connectivity index is 2.30. The molecule has 2 aromatic rings. The van der Waals surface area contributed by atoms with Crippen molar-refractivity contribution < 1.29 is 13.5 Å². The third-order valence-electron chi connectivity index (χ3n) is 2.83. The molecule has 7 heteroatoms. The number of pyridine rings is 1. The molecule has 6 nitrogen and oxygen atoms in total. The topological polar surface area (TPSA) is 84.2 Å². The molecule has 0 radical (unpaired) electrons. The van der Waals surface area contributed by atoms with Crippen LogP contribution in [0.1, 0.15) is 19.0 Å². The molecule has 0 saturated carbocycles. The highest BCUT2D eigenvalue weighted by Crippen LogP contribution is 2.18. The van der Waals surface area contributed by atoms with Gasteiger partial charge >= 0.3 is 0 Å². The number of aliphatic hydroxyl groups is 1. The largest absolute Gasteiger partial charge is 0.390 e. The van der Waals surface area contributed by atoms with Gasteiger partial charge in [-0.3, -0.25) is 9.71 Å². The molecule has 2 heterocycles. The van der Waals surface area contributed by atoms with Crippen molar-refractivity contribution >= 4 is 15.7 Å². The minimum absolute atomic E-state index is 0.145. The summed E-state index contributed by atoms with van der Waals surface area (Å²) in [5.41, 5.74) is 1.04. The van der Waals surface area contributed by atoms with Crippen LogP contribution >= 0.6 is 0 Å². The van der Waals surface area contributed by atoms with E-state index in [-0.39, 0.29) is 11.5 Å².